The van der Waals surface area contributed by atoms with E-state index in [4.69, 9.17) is 0 Å². The van der Waals surface area contributed by atoms with Crippen molar-refractivity contribution in [3.63, 3.8) is 0 Å². The summed E-state index contributed by atoms with van der Waals surface area (Å²) in [6.45, 7) is 4.86. The summed E-state index contributed by atoms with van der Waals surface area (Å²) in [5.74, 6) is 4.07. The molecule has 5 saturated carbocycles. The predicted molar refractivity (Wildman–Crippen MR) is 75.4 cm³/mol. The van der Waals surface area contributed by atoms with Crippen LogP contribution in [-0.4, -0.2) is 12.1 Å². The van der Waals surface area contributed by atoms with Gasteiger partial charge in [-0.1, -0.05) is 13.8 Å². The van der Waals surface area contributed by atoms with Crippen LogP contribution in [0.25, 0.3) is 0 Å². The summed E-state index contributed by atoms with van der Waals surface area (Å²) < 4.78 is 0. The zero-order valence-electron chi connectivity index (χ0n) is 12.1. The Morgan fingerprint density at radius 3 is 2.28 bits per heavy atom. The third kappa shape index (κ3) is 1.94. The van der Waals surface area contributed by atoms with Crippen molar-refractivity contribution >= 4 is 0 Å². The summed E-state index contributed by atoms with van der Waals surface area (Å²) >= 11 is 0. The minimum absolute atomic E-state index is 0.770. The van der Waals surface area contributed by atoms with Crippen molar-refractivity contribution in [1.29, 1.82) is 0 Å². The van der Waals surface area contributed by atoms with Crippen molar-refractivity contribution in [2.45, 2.75) is 77.3 Å². The molecule has 1 N–H and O–H groups in total. The van der Waals surface area contributed by atoms with Crippen LogP contribution in [0.5, 0.6) is 0 Å². The van der Waals surface area contributed by atoms with Gasteiger partial charge in [0.15, 0.2) is 0 Å². The highest BCUT2D eigenvalue weighted by Crippen LogP contribution is 2.62. The molecule has 1 nitrogen and oxygen atoms in total. The first-order valence-corrected chi connectivity index (χ1v) is 8.40. The smallest absolute Gasteiger partial charge is 0.0127 e. The summed E-state index contributed by atoms with van der Waals surface area (Å²) in [4.78, 5) is 0. The molecule has 4 bridgehead atoms. The fourth-order valence-corrected chi connectivity index (χ4v) is 6.10. The lowest BCUT2D eigenvalue weighted by Crippen LogP contribution is -2.58. The summed E-state index contributed by atoms with van der Waals surface area (Å²) in [5.41, 5.74) is 0.770. The first-order chi connectivity index (χ1) is 8.63. The Balaban J connectivity index is 1.52. The highest BCUT2D eigenvalue weighted by molar-refractivity contribution is 5.08. The molecule has 0 saturated heterocycles. The third-order valence-corrected chi connectivity index (χ3v) is 6.25. The van der Waals surface area contributed by atoms with E-state index in [1.807, 2.05) is 0 Å². The second-order valence-electron chi connectivity index (χ2n) is 8.53. The molecule has 5 aliphatic carbocycles. The summed E-state index contributed by atoms with van der Waals surface area (Å²) in [5, 5.41) is 4.01. The van der Waals surface area contributed by atoms with Crippen LogP contribution in [0, 0.1) is 29.1 Å². The lowest BCUT2D eigenvalue weighted by atomic mass is 9.46. The lowest BCUT2D eigenvalue weighted by molar-refractivity contribution is -0.0858. The Kier molecular flexibility index (Phi) is 2.60. The van der Waals surface area contributed by atoms with E-state index in [9.17, 15) is 0 Å². The third-order valence-electron chi connectivity index (χ3n) is 6.25. The molecule has 5 aliphatic rings. The normalized spacial score (nSPS) is 50.2. The molecular formula is C17H29N. The van der Waals surface area contributed by atoms with E-state index in [1.54, 1.807) is 32.1 Å². The van der Waals surface area contributed by atoms with E-state index in [1.165, 1.54) is 19.3 Å². The second kappa shape index (κ2) is 3.98. The minimum atomic E-state index is 0.770. The second-order valence-corrected chi connectivity index (χ2v) is 8.53. The van der Waals surface area contributed by atoms with Crippen LogP contribution >= 0.6 is 0 Å². The van der Waals surface area contributed by atoms with Crippen molar-refractivity contribution < 1.29 is 0 Å². The largest absolute Gasteiger partial charge is 0.311 e. The van der Waals surface area contributed by atoms with Crippen molar-refractivity contribution in [3.8, 4) is 0 Å². The van der Waals surface area contributed by atoms with Crippen molar-refractivity contribution in [3.05, 3.63) is 0 Å². The zero-order valence-corrected chi connectivity index (χ0v) is 12.1. The summed E-state index contributed by atoms with van der Waals surface area (Å²) in [6, 6.07) is 1.82. The Labute approximate surface area is 112 Å². The highest BCUT2D eigenvalue weighted by Gasteiger charge is 2.55. The molecule has 1 heteroatoms. The van der Waals surface area contributed by atoms with E-state index in [0.717, 1.165) is 41.2 Å². The van der Waals surface area contributed by atoms with E-state index >= 15 is 0 Å². The fourth-order valence-electron chi connectivity index (χ4n) is 6.10. The molecule has 102 valence electrons. The Morgan fingerprint density at radius 1 is 1.06 bits per heavy atom. The molecule has 5 fully saturated rings. The van der Waals surface area contributed by atoms with Gasteiger partial charge in [0, 0.05) is 12.1 Å². The van der Waals surface area contributed by atoms with Gasteiger partial charge in [0.25, 0.3) is 0 Å². The van der Waals surface area contributed by atoms with Gasteiger partial charge in [0.2, 0.25) is 0 Å². The molecule has 0 aromatic rings. The Bertz CT molecular complexity index is 311. The van der Waals surface area contributed by atoms with Gasteiger partial charge < -0.3 is 5.32 Å². The van der Waals surface area contributed by atoms with Gasteiger partial charge in [0.05, 0.1) is 0 Å². The van der Waals surface area contributed by atoms with Crippen LogP contribution in [0.4, 0.5) is 0 Å². The monoisotopic (exact) mass is 247 g/mol. The van der Waals surface area contributed by atoms with Crippen LogP contribution in [0.2, 0.25) is 0 Å². The maximum Gasteiger partial charge on any atom is 0.0127 e. The molecule has 18 heavy (non-hydrogen) atoms. The van der Waals surface area contributed by atoms with Gasteiger partial charge in [0.1, 0.15) is 0 Å². The van der Waals surface area contributed by atoms with Crippen molar-refractivity contribution in [2.24, 2.45) is 29.1 Å². The molecule has 0 aromatic carbocycles. The van der Waals surface area contributed by atoms with Crippen molar-refractivity contribution in [1.82, 2.24) is 5.32 Å². The molecule has 0 amide bonds. The van der Waals surface area contributed by atoms with Crippen LogP contribution in [0.15, 0.2) is 0 Å². The van der Waals surface area contributed by atoms with E-state index in [-0.39, 0.29) is 0 Å². The van der Waals surface area contributed by atoms with Gasteiger partial charge in [-0.25, -0.2) is 0 Å². The summed E-state index contributed by atoms with van der Waals surface area (Å²) in [6.07, 6.45) is 12.2. The van der Waals surface area contributed by atoms with Gasteiger partial charge in [-0.3, -0.25) is 0 Å². The molecule has 2 atom stereocenters. The first-order valence-electron chi connectivity index (χ1n) is 8.40. The lowest BCUT2D eigenvalue weighted by Gasteiger charge is -2.61. The van der Waals surface area contributed by atoms with Crippen LogP contribution in [0.3, 0.4) is 0 Å². The molecule has 0 heterocycles. The SMILES string of the molecule is CC(C)CC12CC3CC(C1)C(NC1CC1)C(C3)C2. The summed E-state index contributed by atoms with van der Waals surface area (Å²) in [7, 11) is 0. The van der Waals surface area contributed by atoms with Gasteiger partial charge in [-0.05, 0) is 80.5 Å². The molecule has 2 unspecified atom stereocenters. The molecular weight excluding hydrogens is 218 g/mol. The number of rotatable bonds is 4. The fraction of sp³-hybridized carbons (Fsp3) is 1.00. The number of nitrogens with one attached hydrogen (secondary N) is 1. The minimum Gasteiger partial charge on any atom is -0.311 e. The van der Waals surface area contributed by atoms with E-state index < -0.39 is 0 Å². The quantitative estimate of drug-likeness (QED) is 0.792. The molecule has 0 radical (unpaired) electrons. The highest BCUT2D eigenvalue weighted by atomic mass is 15.0. The van der Waals surface area contributed by atoms with Gasteiger partial charge in [-0.15, -0.1) is 0 Å². The number of hydrogen-bond acceptors (Lipinski definition) is 1. The van der Waals surface area contributed by atoms with Crippen LogP contribution in [0.1, 0.15) is 65.2 Å². The van der Waals surface area contributed by atoms with E-state index in [0.29, 0.717) is 0 Å². The Hall–Kier alpha value is -0.0400. The average molecular weight is 247 g/mol. The number of hydrogen-bond donors (Lipinski definition) is 1. The maximum absolute atomic E-state index is 4.01. The zero-order chi connectivity index (χ0) is 12.3. The Morgan fingerprint density at radius 2 is 1.72 bits per heavy atom. The van der Waals surface area contributed by atoms with E-state index in [2.05, 4.69) is 19.2 Å². The standard InChI is InChI=1S/C17H29N/c1-11(2)7-17-8-12-5-13(9-17)16(14(6-12)10-17)18-15-3-4-15/h11-16,18H,3-10H2,1-2H3. The van der Waals surface area contributed by atoms with Gasteiger partial charge in [-0.2, -0.15) is 0 Å². The van der Waals surface area contributed by atoms with Crippen molar-refractivity contribution in [2.75, 3.05) is 0 Å². The molecule has 0 spiro atoms. The average Bonchev–Trinajstić information content (AvgIpc) is 3.04. The molecule has 5 rings (SSSR count). The first kappa shape index (κ1) is 11.8. The molecule has 0 aromatic heterocycles. The van der Waals surface area contributed by atoms with Crippen LogP contribution < -0.4 is 5.32 Å². The van der Waals surface area contributed by atoms with Crippen LogP contribution in [-0.2, 0) is 0 Å². The topological polar surface area (TPSA) is 12.0 Å². The van der Waals surface area contributed by atoms with Gasteiger partial charge >= 0.3 is 0 Å². The molecule has 0 aliphatic heterocycles. The maximum atomic E-state index is 4.01. The predicted octanol–water partition coefficient (Wildman–Crippen LogP) is 3.98.